The molecule has 0 aliphatic heterocycles. The number of methoxy groups -OCH3 is 1. The number of para-hydroxylation sites is 2. The molecule has 0 fully saturated rings. The Morgan fingerprint density at radius 3 is 2.57 bits per heavy atom. The van der Waals surface area contributed by atoms with Crippen LogP contribution in [0.5, 0.6) is 5.75 Å². The molecule has 3 aromatic rings. The molecule has 2 N–H and O–H groups in total. The number of anilines is 2. The van der Waals surface area contributed by atoms with Crippen LogP contribution in [0.1, 0.15) is 27.4 Å². The van der Waals surface area contributed by atoms with Crippen molar-refractivity contribution in [2.75, 3.05) is 24.3 Å². The summed E-state index contributed by atoms with van der Waals surface area (Å²) in [7, 11) is 1.67. The van der Waals surface area contributed by atoms with Crippen molar-refractivity contribution in [1.29, 1.82) is 0 Å². The van der Waals surface area contributed by atoms with Gasteiger partial charge in [-0.2, -0.15) is 0 Å². The second-order valence-electron chi connectivity index (χ2n) is 6.44. The molecule has 0 unspecified atom stereocenters. The molecule has 3 rings (SSSR count). The first kappa shape index (κ1) is 19.4. The standard InChI is InChI=1S/C22H24N4O2/c1-15-8-4-6-10-18(15)26-22(27)19-14-21(25-16(2)24-19)23-13-12-17-9-5-7-11-20(17)28-3/h4-11,14H,12-13H2,1-3H3,(H,26,27)(H,23,24,25). The molecule has 2 aromatic carbocycles. The molecule has 0 atom stereocenters. The molecule has 0 aliphatic rings. The molecule has 28 heavy (non-hydrogen) atoms. The highest BCUT2D eigenvalue weighted by atomic mass is 16.5. The number of hydrogen-bond donors (Lipinski definition) is 2. The molecule has 6 nitrogen and oxygen atoms in total. The van der Waals surface area contributed by atoms with E-state index in [2.05, 4.69) is 20.6 Å². The van der Waals surface area contributed by atoms with Crippen molar-refractivity contribution in [2.24, 2.45) is 0 Å². The van der Waals surface area contributed by atoms with Gasteiger partial charge in [-0.15, -0.1) is 0 Å². The predicted molar refractivity (Wildman–Crippen MR) is 111 cm³/mol. The van der Waals surface area contributed by atoms with Crippen molar-refractivity contribution in [2.45, 2.75) is 20.3 Å². The van der Waals surface area contributed by atoms with Gasteiger partial charge in [0.15, 0.2) is 0 Å². The first-order valence-corrected chi connectivity index (χ1v) is 9.15. The van der Waals surface area contributed by atoms with Crippen LogP contribution in [0.2, 0.25) is 0 Å². The van der Waals surface area contributed by atoms with Gasteiger partial charge >= 0.3 is 0 Å². The Morgan fingerprint density at radius 1 is 1.04 bits per heavy atom. The first-order valence-electron chi connectivity index (χ1n) is 9.15. The van der Waals surface area contributed by atoms with Crippen LogP contribution in [0.15, 0.2) is 54.6 Å². The van der Waals surface area contributed by atoms with E-state index in [9.17, 15) is 4.79 Å². The number of rotatable bonds is 7. The summed E-state index contributed by atoms with van der Waals surface area (Å²) in [5.41, 5.74) is 3.21. The molecule has 1 aromatic heterocycles. The van der Waals surface area contributed by atoms with Crippen molar-refractivity contribution < 1.29 is 9.53 Å². The van der Waals surface area contributed by atoms with Gasteiger partial charge in [-0.3, -0.25) is 4.79 Å². The summed E-state index contributed by atoms with van der Waals surface area (Å²) >= 11 is 0. The second-order valence-corrected chi connectivity index (χ2v) is 6.44. The Hall–Kier alpha value is -3.41. The summed E-state index contributed by atoms with van der Waals surface area (Å²) in [5, 5.41) is 6.17. The van der Waals surface area contributed by atoms with E-state index in [1.807, 2.05) is 55.5 Å². The highest BCUT2D eigenvalue weighted by molar-refractivity contribution is 6.03. The molecule has 0 radical (unpaired) electrons. The van der Waals surface area contributed by atoms with E-state index in [0.29, 0.717) is 23.9 Å². The summed E-state index contributed by atoms with van der Waals surface area (Å²) in [6.07, 6.45) is 0.776. The monoisotopic (exact) mass is 376 g/mol. The zero-order valence-electron chi connectivity index (χ0n) is 16.3. The van der Waals surface area contributed by atoms with Gasteiger partial charge in [-0.25, -0.2) is 9.97 Å². The van der Waals surface area contributed by atoms with Crippen molar-refractivity contribution in [3.05, 3.63) is 77.2 Å². The number of hydrogen-bond acceptors (Lipinski definition) is 5. The third-order valence-electron chi connectivity index (χ3n) is 4.36. The maximum absolute atomic E-state index is 12.6. The molecular weight excluding hydrogens is 352 g/mol. The average molecular weight is 376 g/mol. The van der Waals surface area contributed by atoms with Crippen LogP contribution >= 0.6 is 0 Å². The normalized spacial score (nSPS) is 10.4. The minimum absolute atomic E-state index is 0.257. The largest absolute Gasteiger partial charge is 0.496 e. The van der Waals surface area contributed by atoms with Crippen LogP contribution in [0.4, 0.5) is 11.5 Å². The summed E-state index contributed by atoms with van der Waals surface area (Å²) in [5.74, 6) is 1.77. The molecular formula is C22H24N4O2. The predicted octanol–water partition coefficient (Wildman–Crippen LogP) is 4.01. The zero-order valence-corrected chi connectivity index (χ0v) is 16.3. The lowest BCUT2D eigenvalue weighted by Crippen LogP contribution is -2.17. The maximum Gasteiger partial charge on any atom is 0.274 e. The number of carbonyl (C=O) groups excluding carboxylic acids is 1. The third kappa shape index (κ3) is 4.85. The van der Waals surface area contributed by atoms with Gasteiger partial charge in [0.2, 0.25) is 0 Å². The maximum atomic E-state index is 12.6. The first-order chi connectivity index (χ1) is 13.6. The van der Waals surface area contributed by atoms with Gasteiger partial charge in [0.1, 0.15) is 23.1 Å². The van der Waals surface area contributed by atoms with Gasteiger partial charge in [0.05, 0.1) is 7.11 Å². The summed E-state index contributed by atoms with van der Waals surface area (Å²) in [4.78, 5) is 21.3. The minimum Gasteiger partial charge on any atom is -0.496 e. The fourth-order valence-corrected chi connectivity index (χ4v) is 2.91. The number of carbonyl (C=O) groups is 1. The van der Waals surface area contributed by atoms with Crippen LogP contribution < -0.4 is 15.4 Å². The van der Waals surface area contributed by atoms with Gasteiger partial charge < -0.3 is 15.4 Å². The summed E-state index contributed by atoms with van der Waals surface area (Å²) < 4.78 is 5.38. The Labute approximate surface area is 165 Å². The van der Waals surface area contributed by atoms with E-state index in [-0.39, 0.29) is 5.91 Å². The highest BCUT2D eigenvalue weighted by Crippen LogP contribution is 2.18. The van der Waals surface area contributed by atoms with Crippen molar-refractivity contribution in [3.8, 4) is 5.75 Å². The van der Waals surface area contributed by atoms with Crippen LogP contribution in [0, 0.1) is 13.8 Å². The molecule has 144 valence electrons. The van der Waals surface area contributed by atoms with Crippen molar-refractivity contribution in [1.82, 2.24) is 9.97 Å². The quantitative estimate of drug-likeness (QED) is 0.652. The van der Waals surface area contributed by atoms with Gasteiger partial charge in [0, 0.05) is 18.3 Å². The lowest BCUT2D eigenvalue weighted by Gasteiger charge is -2.11. The van der Waals surface area contributed by atoms with Crippen LogP contribution in [0.25, 0.3) is 0 Å². The third-order valence-corrected chi connectivity index (χ3v) is 4.36. The SMILES string of the molecule is COc1ccccc1CCNc1cc(C(=O)Nc2ccccc2C)nc(C)n1. The van der Waals surface area contributed by atoms with E-state index in [4.69, 9.17) is 4.74 Å². The van der Waals surface area contributed by atoms with Gasteiger partial charge in [0.25, 0.3) is 5.91 Å². The average Bonchev–Trinajstić information content (AvgIpc) is 2.69. The molecule has 1 amide bonds. The van der Waals surface area contributed by atoms with Crippen molar-refractivity contribution in [3.63, 3.8) is 0 Å². The molecule has 0 saturated heterocycles. The Morgan fingerprint density at radius 2 is 1.79 bits per heavy atom. The lowest BCUT2D eigenvalue weighted by atomic mass is 10.1. The number of nitrogens with one attached hydrogen (secondary N) is 2. The fraction of sp³-hybridized carbons (Fsp3) is 0.227. The fourth-order valence-electron chi connectivity index (χ4n) is 2.91. The molecule has 6 heteroatoms. The topological polar surface area (TPSA) is 76.1 Å². The lowest BCUT2D eigenvalue weighted by molar-refractivity contribution is 0.102. The Bertz CT molecular complexity index is 972. The van der Waals surface area contributed by atoms with E-state index in [0.717, 1.165) is 29.0 Å². The molecule has 0 aliphatic carbocycles. The van der Waals surface area contributed by atoms with E-state index in [1.54, 1.807) is 20.1 Å². The molecule has 0 spiro atoms. The zero-order chi connectivity index (χ0) is 19.9. The Balaban J connectivity index is 1.67. The number of aromatic nitrogens is 2. The van der Waals surface area contributed by atoms with E-state index in [1.165, 1.54) is 0 Å². The number of benzene rings is 2. The summed E-state index contributed by atoms with van der Waals surface area (Å²) in [6.45, 7) is 4.39. The van der Waals surface area contributed by atoms with Gasteiger partial charge in [-0.1, -0.05) is 36.4 Å². The second kappa shape index (κ2) is 8.99. The van der Waals surface area contributed by atoms with Crippen LogP contribution in [-0.2, 0) is 6.42 Å². The molecule has 1 heterocycles. The number of nitrogens with zero attached hydrogens (tertiary/aromatic N) is 2. The van der Waals surface area contributed by atoms with Gasteiger partial charge in [-0.05, 0) is 43.5 Å². The minimum atomic E-state index is -0.257. The number of ether oxygens (including phenoxy) is 1. The molecule has 0 saturated carbocycles. The van der Waals surface area contributed by atoms with Crippen molar-refractivity contribution >= 4 is 17.4 Å². The number of amides is 1. The highest BCUT2D eigenvalue weighted by Gasteiger charge is 2.12. The smallest absolute Gasteiger partial charge is 0.274 e. The summed E-state index contributed by atoms with van der Waals surface area (Å²) in [6, 6.07) is 17.2. The van der Waals surface area contributed by atoms with Crippen LogP contribution in [0.3, 0.4) is 0 Å². The van der Waals surface area contributed by atoms with Crippen LogP contribution in [-0.4, -0.2) is 29.5 Å². The van der Waals surface area contributed by atoms with E-state index >= 15 is 0 Å². The Kier molecular flexibility index (Phi) is 6.22. The molecule has 0 bridgehead atoms. The van der Waals surface area contributed by atoms with E-state index < -0.39 is 0 Å². The number of aryl methyl sites for hydroxylation is 2.